The number of methoxy groups -OCH3 is 1. The number of non-ortho nitro benzene ring substituents is 1. The van der Waals surface area contributed by atoms with E-state index in [2.05, 4.69) is 4.18 Å². The molecule has 27 heavy (non-hydrogen) atoms. The Morgan fingerprint density at radius 2 is 1.93 bits per heavy atom. The molecule has 1 aromatic heterocycles. The van der Waals surface area contributed by atoms with Crippen molar-refractivity contribution in [3.8, 4) is 22.8 Å². The van der Waals surface area contributed by atoms with Crippen LogP contribution in [0.15, 0.2) is 51.7 Å². The van der Waals surface area contributed by atoms with Crippen molar-refractivity contribution < 1.29 is 31.2 Å². The summed E-state index contributed by atoms with van der Waals surface area (Å²) in [6.45, 7) is 0. The summed E-state index contributed by atoms with van der Waals surface area (Å²) >= 11 is 0. The molecule has 140 valence electrons. The zero-order valence-electron chi connectivity index (χ0n) is 13.6. The highest BCUT2D eigenvalue weighted by Crippen LogP contribution is 2.33. The predicted octanol–water partition coefficient (Wildman–Crippen LogP) is 2.56. The molecule has 0 bridgehead atoms. The molecular weight excluding hydrogens is 382 g/mol. The second kappa shape index (κ2) is 6.70. The minimum atomic E-state index is -5.03. The second-order valence-corrected chi connectivity index (χ2v) is 6.30. The smallest absolute Gasteiger partial charge is 0.449 e. The minimum absolute atomic E-state index is 0.0191. The fourth-order valence-corrected chi connectivity index (χ4v) is 2.77. The first-order chi connectivity index (χ1) is 12.7. The van der Waals surface area contributed by atoms with Crippen LogP contribution in [0.1, 0.15) is 0 Å². The quantitative estimate of drug-likeness (QED) is 0.392. The summed E-state index contributed by atoms with van der Waals surface area (Å²) in [5.41, 5.74) is -1.52. The lowest BCUT2D eigenvalue weighted by Gasteiger charge is -2.09. The molecule has 11 heteroatoms. The number of fused-ring (bicyclic) bond motifs is 1. The molecule has 1 N–H and O–H groups in total. The third-order valence-corrected chi connectivity index (χ3v) is 3.96. The number of nitro benzene ring substituents is 1. The third-order valence-electron chi connectivity index (χ3n) is 3.59. The Labute approximate surface area is 151 Å². The Morgan fingerprint density at radius 3 is 2.56 bits per heavy atom. The Hall–Kier alpha value is -3.44. The molecule has 0 amide bonds. The van der Waals surface area contributed by atoms with E-state index in [9.17, 15) is 23.3 Å². The van der Waals surface area contributed by atoms with E-state index in [4.69, 9.17) is 13.7 Å². The van der Waals surface area contributed by atoms with E-state index in [1.807, 2.05) is 0 Å². The lowest BCUT2D eigenvalue weighted by Crippen LogP contribution is -2.13. The monoisotopic (exact) mass is 393 g/mol. The number of ether oxygens (including phenoxy) is 1. The van der Waals surface area contributed by atoms with E-state index in [1.54, 1.807) is 0 Å². The van der Waals surface area contributed by atoms with E-state index in [0.29, 0.717) is 5.75 Å². The second-order valence-electron chi connectivity index (χ2n) is 5.27. The Kier molecular flexibility index (Phi) is 4.56. The van der Waals surface area contributed by atoms with Gasteiger partial charge in [-0.25, -0.2) is 0 Å². The summed E-state index contributed by atoms with van der Waals surface area (Å²) in [5, 5.41) is 11.0. The molecular formula is C16H11NO9S. The third kappa shape index (κ3) is 3.73. The summed E-state index contributed by atoms with van der Waals surface area (Å²) in [7, 11) is -3.65. The SMILES string of the molecule is COc1ccc2c(=O)c(-c3cccc([N+](=O)[O-])c3)c(OS(=O)(=O)O)oc2c1. The van der Waals surface area contributed by atoms with Crippen LogP contribution in [-0.4, -0.2) is 25.0 Å². The molecule has 0 radical (unpaired) electrons. The highest BCUT2D eigenvalue weighted by molar-refractivity contribution is 7.81. The van der Waals surface area contributed by atoms with Gasteiger partial charge in [0.25, 0.3) is 5.69 Å². The molecule has 3 aromatic rings. The van der Waals surface area contributed by atoms with Crippen LogP contribution in [0.4, 0.5) is 5.69 Å². The topological polar surface area (TPSA) is 146 Å². The van der Waals surface area contributed by atoms with Crippen LogP contribution < -0.4 is 14.3 Å². The largest absolute Gasteiger partial charge is 0.497 e. The average molecular weight is 393 g/mol. The van der Waals surface area contributed by atoms with Gasteiger partial charge in [0, 0.05) is 18.2 Å². The number of hydrogen-bond acceptors (Lipinski definition) is 8. The lowest BCUT2D eigenvalue weighted by molar-refractivity contribution is -0.384. The maximum absolute atomic E-state index is 12.9. The van der Waals surface area contributed by atoms with Crippen molar-refractivity contribution in [1.29, 1.82) is 0 Å². The Balaban J connectivity index is 2.37. The molecule has 2 aromatic carbocycles. The van der Waals surface area contributed by atoms with Gasteiger partial charge in [-0.1, -0.05) is 12.1 Å². The zero-order chi connectivity index (χ0) is 19.8. The van der Waals surface area contributed by atoms with Crippen LogP contribution in [0.25, 0.3) is 22.1 Å². The standard InChI is InChI=1S/C16H11NO9S/c1-24-11-5-6-12-13(8-11)25-16(26-27(21,22)23)14(15(12)18)9-3-2-4-10(7-9)17(19)20/h2-8H,1H3,(H,21,22,23). The van der Waals surface area contributed by atoms with Gasteiger partial charge in [0.05, 0.1) is 17.4 Å². The minimum Gasteiger partial charge on any atom is -0.497 e. The molecule has 0 spiro atoms. The molecule has 0 saturated carbocycles. The fraction of sp³-hybridized carbons (Fsp3) is 0.0625. The molecule has 0 atom stereocenters. The van der Waals surface area contributed by atoms with Crippen molar-refractivity contribution >= 4 is 27.1 Å². The van der Waals surface area contributed by atoms with Crippen LogP contribution in [0.3, 0.4) is 0 Å². The average Bonchev–Trinajstić information content (AvgIpc) is 2.60. The van der Waals surface area contributed by atoms with Gasteiger partial charge >= 0.3 is 16.3 Å². The fourth-order valence-electron chi connectivity index (χ4n) is 2.46. The summed E-state index contributed by atoms with van der Waals surface area (Å²) in [5.74, 6) is -0.504. The van der Waals surface area contributed by atoms with Crippen molar-refractivity contribution in [1.82, 2.24) is 0 Å². The number of benzene rings is 2. The number of hydrogen-bond donors (Lipinski definition) is 1. The van der Waals surface area contributed by atoms with Crippen LogP contribution in [-0.2, 0) is 10.4 Å². The van der Waals surface area contributed by atoms with Gasteiger partial charge in [0.15, 0.2) is 0 Å². The maximum Gasteiger partial charge on any atom is 0.449 e. The van der Waals surface area contributed by atoms with Crippen molar-refractivity contribution in [2.75, 3.05) is 7.11 Å². The van der Waals surface area contributed by atoms with Gasteiger partial charge in [-0.3, -0.25) is 19.5 Å². The normalized spacial score (nSPS) is 11.3. The molecule has 3 rings (SSSR count). The van der Waals surface area contributed by atoms with Gasteiger partial charge in [0.2, 0.25) is 5.43 Å². The summed E-state index contributed by atoms with van der Waals surface area (Å²) in [4.78, 5) is 23.2. The molecule has 0 aliphatic carbocycles. The Morgan fingerprint density at radius 1 is 1.19 bits per heavy atom. The molecule has 0 saturated heterocycles. The van der Waals surface area contributed by atoms with Gasteiger partial charge in [-0.15, -0.1) is 0 Å². The van der Waals surface area contributed by atoms with Gasteiger partial charge in [-0.05, 0) is 17.7 Å². The van der Waals surface area contributed by atoms with Gasteiger partial charge < -0.3 is 13.3 Å². The van der Waals surface area contributed by atoms with Gasteiger partial charge in [0.1, 0.15) is 16.9 Å². The van der Waals surface area contributed by atoms with Crippen molar-refractivity contribution in [2.24, 2.45) is 0 Å². The van der Waals surface area contributed by atoms with Crippen molar-refractivity contribution in [3.05, 3.63) is 62.8 Å². The van der Waals surface area contributed by atoms with E-state index < -0.39 is 32.3 Å². The molecule has 1 heterocycles. The van der Waals surface area contributed by atoms with E-state index in [1.165, 1.54) is 43.5 Å². The van der Waals surface area contributed by atoms with Gasteiger partial charge in [-0.2, -0.15) is 8.42 Å². The highest BCUT2D eigenvalue weighted by atomic mass is 32.3. The molecule has 0 aliphatic heterocycles. The van der Waals surface area contributed by atoms with Crippen molar-refractivity contribution in [3.63, 3.8) is 0 Å². The van der Waals surface area contributed by atoms with Crippen LogP contribution in [0.5, 0.6) is 11.7 Å². The predicted molar refractivity (Wildman–Crippen MR) is 93.3 cm³/mol. The number of nitrogens with zero attached hydrogens (tertiary/aromatic N) is 1. The van der Waals surface area contributed by atoms with E-state index >= 15 is 0 Å². The van der Waals surface area contributed by atoms with E-state index in [-0.39, 0.29) is 22.2 Å². The lowest BCUT2D eigenvalue weighted by atomic mass is 10.0. The molecule has 0 fully saturated rings. The first-order valence-electron chi connectivity index (χ1n) is 7.26. The zero-order valence-corrected chi connectivity index (χ0v) is 14.4. The van der Waals surface area contributed by atoms with E-state index in [0.717, 1.165) is 6.07 Å². The van der Waals surface area contributed by atoms with Crippen LogP contribution in [0.2, 0.25) is 0 Å². The summed E-state index contributed by atoms with van der Waals surface area (Å²) in [6, 6.07) is 9.09. The number of rotatable bonds is 5. The molecule has 0 aliphatic rings. The summed E-state index contributed by atoms with van der Waals surface area (Å²) < 4.78 is 46.1. The molecule has 10 nitrogen and oxygen atoms in total. The van der Waals surface area contributed by atoms with Crippen LogP contribution in [0, 0.1) is 10.1 Å². The first kappa shape index (κ1) is 18.4. The summed E-state index contributed by atoms with van der Waals surface area (Å²) in [6.07, 6.45) is 0. The van der Waals surface area contributed by atoms with Crippen molar-refractivity contribution in [2.45, 2.75) is 0 Å². The Bertz CT molecular complexity index is 1210. The van der Waals surface area contributed by atoms with Crippen LogP contribution >= 0.6 is 0 Å². The highest BCUT2D eigenvalue weighted by Gasteiger charge is 2.23. The first-order valence-corrected chi connectivity index (χ1v) is 8.62. The number of nitro groups is 1. The maximum atomic E-state index is 12.9. The molecule has 0 unspecified atom stereocenters.